The summed E-state index contributed by atoms with van der Waals surface area (Å²) in [5.74, 6) is -0.317. The second-order valence-corrected chi connectivity index (χ2v) is 6.01. The quantitative estimate of drug-likeness (QED) is 0.760. The Morgan fingerprint density at radius 1 is 1.38 bits per heavy atom. The summed E-state index contributed by atoms with van der Waals surface area (Å²) in [6, 6.07) is 3.34. The molecule has 1 aliphatic carbocycles. The lowest BCUT2D eigenvalue weighted by Crippen LogP contribution is -2.17. The molecule has 0 spiro atoms. The first-order valence-electron chi connectivity index (χ1n) is 9.06. The van der Waals surface area contributed by atoms with Crippen LogP contribution in [0.4, 0.5) is 0 Å². The van der Waals surface area contributed by atoms with Crippen LogP contribution in [0, 0.1) is 5.92 Å². The molecule has 1 aliphatic rings. The lowest BCUT2D eigenvalue weighted by Gasteiger charge is -2.31. The van der Waals surface area contributed by atoms with Gasteiger partial charge in [0, 0.05) is 15.6 Å². The minimum absolute atomic E-state index is 0.00456. The van der Waals surface area contributed by atoms with Crippen LogP contribution in [0.15, 0.2) is 35.9 Å². The second-order valence-electron chi connectivity index (χ2n) is 6.01. The molecule has 2 N–H and O–H groups in total. The molecule has 0 heterocycles. The fourth-order valence-electron chi connectivity index (χ4n) is 3.20. The van der Waals surface area contributed by atoms with Gasteiger partial charge in [-0.3, -0.25) is 0 Å². The van der Waals surface area contributed by atoms with Gasteiger partial charge in [0.2, 0.25) is 0 Å². The third-order valence-electron chi connectivity index (χ3n) is 4.24. The maximum absolute atomic E-state index is 10.5. The molecule has 0 bridgehead atoms. The molecule has 2 atom stereocenters. The highest BCUT2D eigenvalue weighted by Gasteiger charge is 2.29. The lowest BCUT2D eigenvalue weighted by molar-refractivity contribution is 0.406. The van der Waals surface area contributed by atoms with Gasteiger partial charge in [0.15, 0.2) is 0 Å². The molecule has 2 rings (SSSR count). The predicted molar refractivity (Wildman–Crippen MR) is 87.8 cm³/mol. The van der Waals surface area contributed by atoms with Crippen LogP contribution in [0.5, 0.6) is 11.5 Å². The molecule has 114 valence electrons. The van der Waals surface area contributed by atoms with E-state index in [-0.39, 0.29) is 23.3 Å². The Bertz CT molecular complexity index is 636. The minimum Gasteiger partial charge on any atom is -0.507 e. The van der Waals surface area contributed by atoms with Crippen molar-refractivity contribution in [2.45, 2.75) is 52.3 Å². The first-order chi connectivity index (χ1) is 11.1. The molecule has 0 saturated carbocycles. The molecular formula is C19H26O2. The van der Waals surface area contributed by atoms with Crippen molar-refractivity contribution >= 4 is 0 Å². The summed E-state index contributed by atoms with van der Waals surface area (Å²) in [4.78, 5) is 0. The largest absolute Gasteiger partial charge is 0.507 e. The average molecular weight is 289 g/mol. The summed E-state index contributed by atoms with van der Waals surface area (Å²) in [5, 5.41) is 21.0. The Balaban J connectivity index is 2.54. The lowest BCUT2D eigenvalue weighted by atomic mass is 9.73. The van der Waals surface area contributed by atoms with Gasteiger partial charge in [-0.25, -0.2) is 0 Å². The van der Waals surface area contributed by atoms with Gasteiger partial charge in [0.1, 0.15) is 11.5 Å². The van der Waals surface area contributed by atoms with Gasteiger partial charge in [0.25, 0.3) is 0 Å². The van der Waals surface area contributed by atoms with E-state index in [1.165, 1.54) is 0 Å². The van der Waals surface area contributed by atoms with Crippen molar-refractivity contribution in [1.82, 2.24) is 0 Å². The Labute approximate surface area is 132 Å². The highest BCUT2D eigenvalue weighted by Crippen LogP contribution is 2.46. The van der Waals surface area contributed by atoms with E-state index in [4.69, 9.17) is 4.11 Å². The summed E-state index contributed by atoms with van der Waals surface area (Å²) >= 11 is 0. The molecule has 0 amide bonds. The van der Waals surface area contributed by atoms with Crippen LogP contribution in [0.3, 0.4) is 0 Å². The van der Waals surface area contributed by atoms with E-state index in [9.17, 15) is 10.2 Å². The van der Waals surface area contributed by atoms with Crippen LogP contribution in [0.25, 0.3) is 0 Å². The summed E-state index contributed by atoms with van der Waals surface area (Å²) in [5.41, 5.74) is 2.60. The monoisotopic (exact) mass is 289 g/mol. The molecule has 2 nitrogen and oxygen atoms in total. The van der Waals surface area contributed by atoms with E-state index < -0.39 is 6.85 Å². The van der Waals surface area contributed by atoms with Crippen molar-refractivity contribution in [3.05, 3.63) is 47.1 Å². The van der Waals surface area contributed by atoms with Crippen molar-refractivity contribution in [2.24, 2.45) is 5.92 Å². The normalized spacial score (nSPS) is 24.7. The van der Waals surface area contributed by atoms with Crippen molar-refractivity contribution in [3.8, 4) is 11.5 Å². The third-order valence-corrected chi connectivity index (χ3v) is 4.24. The average Bonchev–Trinajstić information content (AvgIpc) is 2.45. The minimum atomic E-state index is -2.15. The zero-order valence-corrected chi connectivity index (χ0v) is 12.8. The molecule has 1 aromatic rings. The Kier molecular flexibility index (Phi) is 3.62. The first kappa shape index (κ1) is 11.9. The van der Waals surface area contributed by atoms with Gasteiger partial charge < -0.3 is 10.2 Å². The van der Waals surface area contributed by atoms with E-state index in [2.05, 4.69) is 6.58 Å². The summed E-state index contributed by atoms with van der Waals surface area (Å²) in [6.07, 6.45) is 4.52. The van der Waals surface area contributed by atoms with E-state index in [1.807, 2.05) is 13.8 Å². The SMILES string of the molecule is [2H]C([2H])([2H])C1=CC(c2c(O)cc(CCC)cc2O)C(C(=C)C)CC1. The van der Waals surface area contributed by atoms with E-state index in [0.29, 0.717) is 24.0 Å². The highest BCUT2D eigenvalue weighted by atomic mass is 16.3. The topological polar surface area (TPSA) is 40.5 Å². The van der Waals surface area contributed by atoms with Crippen LogP contribution >= 0.6 is 0 Å². The number of phenolic OH excluding ortho intramolecular Hbond substituents is 2. The molecule has 0 saturated heterocycles. The molecule has 21 heavy (non-hydrogen) atoms. The maximum atomic E-state index is 10.5. The van der Waals surface area contributed by atoms with Crippen LogP contribution in [0.1, 0.15) is 61.1 Å². The number of hydrogen-bond acceptors (Lipinski definition) is 2. The molecule has 0 aliphatic heterocycles. The molecule has 1 aromatic carbocycles. The van der Waals surface area contributed by atoms with Gasteiger partial charge >= 0.3 is 0 Å². The predicted octanol–water partition coefficient (Wildman–Crippen LogP) is 5.07. The number of aromatic hydroxyl groups is 2. The maximum Gasteiger partial charge on any atom is 0.123 e. The molecule has 2 unspecified atom stereocenters. The van der Waals surface area contributed by atoms with Crippen molar-refractivity contribution in [2.75, 3.05) is 0 Å². The number of allylic oxidation sites excluding steroid dienone is 3. The molecule has 0 radical (unpaired) electrons. The number of benzene rings is 1. The Morgan fingerprint density at radius 2 is 2.05 bits per heavy atom. The van der Waals surface area contributed by atoms with E-state index in [0.717, 1.165) is 24.0 Å². The summed E-state index contributed by atoms with van der Waals surface area (Å²) < 4.78 is 23.0. The van der Waals surface area contributed by atoms with Crippen LogP contribution in [-0.2, 0) is 6.42 Å². The van der Waals surface area contributed by atoms with Crippen LogP contribution < -0.4 is 0 Å². The van der Waals surface area contributed by atoms with Gasteiger partial charge in [-0.1, -0.05) is 37.1 Å². The summed E-state index contributed by atoms with van der Waals surface area (Å²) in [7, 11) is 0. The fraction of sp³-hybridized carbons (Fsp3) is 0.474. The smallest absolute Gasteiger partial charge is 0.123 e. The zero-order valence-electron chi connectivity index (χ0n) is 15.8. The fourth-order valence-corrected chi connectivity index (χ4v) is 3.20. The van der Waals surface area contributed by atoms with Gasteiger partial charge in [-0.2, -0.15) is 0 Å². The molecule has 2 heteroatoms. The number of aryl methyl sites for hydroxylation is 1. The van der Waals surface area contributed by atoms with Crippen molar-refractivity contribution < 1.29 is 14.3 Å². The highest BCUT2D eigenvalue weighted by molar-refractivity contribution is 5.51. The Morgan fingerprint density at radius 3 is 2.57 bits per heavy atom. The van der Waals surface area contributed by atoms with E-state index >= 15 is 0 Å². The molecule has 0 aromatic heterocycles. The zero-order chi connectivity index (χ0) is 18.1. The van der Waals surface area contributed by atoms with Crippen molar-refractivity contribution in [1.29, 1.82) is 0 Å². The molecular weight excluding hydrogens is 260 g/mol. The van der Waals surface area contributed by atoms with Gasteiger partial charge in [-0.15, -0.1) is 0 Å². The first-order valence-corrected chi connectivity index (χ1v) is 7.56. The van der Waals surface area contributed by atoms with Gasteiger partial charge in [0.05, 0.1) is 0 Å². The van der Waals surface area contributed by atoms with Crippen molar-refractivity contribution in [3.63, 3.8) is 0 Å². The van der Waals surface area contributed by atoms with Crippen LogP contribution in [-0.4, -0.2) is 10.2 Å². The number of rotatable bonds is 4. The second kappa shape index (κ2) is 6.38. The Hall–Kier alpha value is -1.70. The molecule has 0 fully saturated rings. The standard InChI is InChI=1S/C19H26O2/c1-5-6-14-10-17(20)19(18(21)11-14)16-9-13(4)7-8-15(16)12(2)3/h9-11,15-16,20-21H,2,5-8H2,1,3-4H3/i4D3. The number of hydrogen-bond donors (Lipinski definition) is 2. The van der Waals surface area contributed by atoms with Crippen LogP contribution in [0.2, 0.25) is 0 Å². The number of phenols is 2. The summed E-state index contributed by atoms with van der Waals surface area (Å²) in [6.45, 7) is 5.81. The third kappa shape index (κ3) is 3.31. The van der Waals surface area contributed by atoms with Gasteiger partial charge in [-0.05, 0) is 56.7 Å². The van der Waals surface area contributed by atoms with E-state index in [1.54, 1.807) is 18.2 Å².